The SMILES string of the molecule is COc1cc(CNC(=O)CCNS(=O)(=O)c2cccc(Cl)c2)ccc1OC(F)F. The van der Waals surface area contributed by atoms with Crippen LogP contribution in [0.1, 0.15) is 12.0 Å². The van der Waals surface area contributed by atoms with Crippen LogP contribution >= 0.6 is 11.6 Å². The van der Waals surface area contributed by atoms with E-state index in [1.165, 1.54) is 43.5 Å². The molecular formula is C18H19ClF2N2O5S. The molecule has 0 saturated carbocycles. The molecule has 0 aliphatic carbocycles. The number of methoxy groups -OCH3 is 1. The first kappa shape index (κ1) is 22.9. The minimum Gasteiger partial charge on any atom is -0.493 e. The quantitative estimate of drug-likeness (QED) is 0.583. The fourth-order valence-corrected chi connectivity index (χ4v) is 3.65. The van der Waals surface area contributed by atoms with Gasteiger partial charge in [-0.2, -0.15) is 8.78 Å². The van der Waals surface area contributed by atoms with Gasteiger partial charge in [0.05, 0.1) is 12.0 Å². The van der Waals surface area contributed by atoms with Crippen molar-refractivity contribution in [3.63, 3.8) is 0 Å². The average Bonchev–Trinajstić information content (AvgIpc) is 2.66. The second kappa shape index (κ2) is 10.4. The molecule has 0 aromatic heterocycles. The number of rotatable bonds is 10. The Hall–Kier alpha value is -2.43. The number of benzene rings is 2. The number of carbonyl (C=O) groups excluding carboxylic acids is 1. The number of sulfonamides is 1. The number of alkyl halides is 2. The second-order valence-corrected chi connectivity index (χ2v) is 7.95. The maximum atomic E-state index is 12.3. The third kappa shape index (κ3) is 7.15. The van der Waals surface area contributed by atoms with Crippen molar-refractivity contribution >= 4 is 27.5 Å². The molecule has 1 amide bonds. The fourth-order valence-electron chi connectivity index (χ4n) is 2.32. The van der Waals surface area contributed by atoms with Crippen LogP contribution in [-0.2, 0) is 21.4 Å². The van der Waals surface area contributed by atoms with Crippen LogP contribution in [0.4, 0.5) is 8.78 Å². The Bertz CT molecular complexity index is 957. The lowest BCUT2D eigenvalue weighted by Crippen LogP contribution is -2.30. The molecule has 7 nitrogen and oxygen atoms in total. The van der Waals surface area contributed by atoms with Crippen LogP contribution in [0.15, 0.2) is 47.4 Å². The monoisotopic (exact) mass is 448 g/mol. The Balaban J connectivity index is 1.84. The molecule has 0 atom stereocenters. The van der Waals surface area contributed by atoms with E-state index in [1.54, 1.807) is 6.07 Å². The van der Waals surface area contributed by atoms with Gasteiger partial charge in [-0.05, 0) is 35.9 Å². The molecule has 158 valence electrons. The van der Waals surface area contributed by atoms with Gasteiger partial charge in [-0.1, -0.05) is 23.7 Å². The van der Waals surface area contributed by atoms with Crippen LogP contribution < -0.4 is 19.5 Å². The number of carbonyl (C=O) groups is 1. The van der Waals surface area contributed by atoms with E-state index in [4.69, 9.17) is 16.3 Å². The van der Waals surface area contributed by atoms with E-state index in [2.05, 4.69) is 14.8 Å². The first-order chi connectivity index (χ1) is 13.7. The van der Waals surface area contributed by atoms with Crippen molar-refractivity contribution in [2.45, 2.75) is 24.5 Å². The van der Waals surface area contributed by atoms with Crippen molar-refractivity contribution in [2.24, 2.45) is 0 Å². The molecule has 0 heterocycles. The van der Waals surface area contributed by atoms with Crippen molar-refractivity contribution in [2.75, 3.05) is 13.7 Å². The molecule has 0 aliphatic rings. The number of hydrogen-bond donors (Lipinski definition) is 2. The smallest absolute Gasteiger partial charge is 0.387 e. The first-order valence-electron chi connectivity index (χ1n) is 8.35. The molecule has 0 radical (unpaired) electrons. The van der Waals surface area contributed by atoms with Crippen molar-refractivity contribution in [1.82, 2.24) is 10.0 Å². The summed E-state index contributed by atoms with van der Waals surface area (Å²) in [4.78, 5) is 11.9. The summed E-state index contributed by atoms with van der Waals surface area (Å²) in [6.45, 7) is -2.98. The molecule has 29 heavy (non-hydrogen) atoms. The van der Waals surface area contributed by atoms with Gasteiger partial charge in [0.15, 0.2) is 11.5 Å². The van der Waals surface area contributed by atoms with Crippen LogP contribution in [0.25, 0.3) is 0 Å². The lowest BCUT2D eigenvalue weighted by Gasteiger charge is -2.12. The number of nitrogens with one attached hydrogen (secondary N) is 2. The van der Waals surface area contributed by atoms with Gasteiger partial charge in [0.2, 0.25) is 15.9 Å². The zero-order chi connectivity index (χ0) is 21.4. The van der Waals surface area contributed by atoms with E-state index in [-0.39, 0.29) is 40.9 Å². The third-order valence-electron chi connectivity index (χ3n) is 3.68. The highest BCUT2D eigenvalue weighted by atomic mass is 35.5. The van der Waals surface area contributed by atoms with Gasteiger partial charge in [0, 0.05) is 24.5 Å². The fraction of sp³-hybridized carbons (Fsp3) is 0.278. The molecule has 0 bridgehead atoms. The molecule has 0 unspecified atom stereocenters. The summed E-state index contributed by atoms with van der Waals surface area (Å²) in [6, 6.07) is 10.0. The molecule has 0 fully saturated rings. The van der Waals surface area contributed by atoms with Crippen LogP contribution in [0.2, 0.25) is 5.02 Å². The van der Waals surface area contributed by atoms with Crippen molar-refractivity contribution in [3.8, 4) is 11.5 Å². The highest BCUT2D eigenvalue weighted by molar-refractivity contribution is 7.89. The maximum absolute atomic E-state index is 12.3. The van der Waals surface area contributed by atoms with Gasteiger partial charge in [-0.3, -0.25) is 4.79 Å². The number of hydrogen-bond acceptors (Lipinski definition) is 5. The zero-order valence-corrected chi connectivity index (χ0v) is 16.9. The molecule has 11 heteroatoms. The molecule has 2 rings (SSSR count). The van der Waals surface area contributed by atoms with Gasteiger partial charge in [0.25, 0.3) is 0 Å². The normalized spacial score (nSPS) is 11.3. The van der Waals surface area contributed by atoms with Gasteiger partial charge in [0.1, 0.15) is 0 Å². The van der Waals surface area contributed by atoms with Crippen LogP contribution in [0, 0.1) is 0 Å². The number of halogens is 3. The second-order valence-electron chi connectivity index (χ2n) is 5.75. The summed E-state index contributed by atoms with van der Waals surface area (Å²) < 4.78 is 60.6. The van der Waals surface area contributed by atoms with Gasteiger partial charge < -0.3 is 14.8 Å². The molecular weight excluding hydrogens is 430 g/mol. The predicted molar refractivity (Wildman–Crippen MR) is 103 cm³/mol. The Morgan fingerprint density at radius 3 is 2.59 bits per heavy atom. The highest BCUT2D eigenvalue weighted by Crippen LogP contribution is 2.29. The average molecular weight is 449 g/mol. The minimum absolute atomic E-state index is 0.00334. The summed E-state index contributed by atoms with van der Waals surface area (Å²) in [5.41, 5.74) is 0.594. The molecule has 2 aromatic rings. The Morgan fingerprint density at radius 1 is 1.17 bits per heavy atom. The van der Waals surface area contributed by atoms with E-state index in [1.807, 2.05) is 0 Å². The number of amides is 1. The van der Waals surface area contributed by atoms with Crippen LogP contribution in [0.3, 0.4) is 0 Å². The summed E-state index contributed by atoms with van der Waals surface area (Å²) in [5.74, 6) is -0.412. The summed E-state index contributed by atoms with van der Waals surface area (Å²) in [5, 5.41) is 2.89. The largest absolute Gasteiger partial charge is 0.493 e. The minimum atomic E-state index is -3.78. The molecule has 0 aliphatic heterocycles. The Labute approximate surface area is 172 Å². The summed E-state index contributed by atoms with van der Waals surface area (Å²) >= 11 is 5.78. The third-order valence-corrected chi connectivity index (χ3v) is 5.38. The van der Waals surface area contributed by atoms with E-state index in [0.29, 0.717) is 5.56 Å². The lowest BCUT2D eigenvalue weighted by atomic mass is 10.2. The molecule has 2 aromatic carbocycles. The molecule has 2 N–H and O–H groups in total. The van der Waals surface area contributed by atoms with E-state index >= 15 is 0 Å². The number of ether oxygens (including phenoxy) is 2. The standard InChI is InChI=1S/C18H19ClF2N2O5S/c1-27-16-9-12(5-6-15(16)28-18(20)21)11-22-17(24)7-8-23-29(25,26)14-4-2-3-13(19)10-14/h2-6,9-10,18,23H,7-8,11H2,1H3,(H,22,24). The predicted octanol–water partition coefficient (Wildman–Crippen LogP) is 2.93. The highest BCUT2D eigenvalue weighted by Gasteiger charge is 2.15. The molecule has 0 spiro atoms. The molecule has 0 saturated heterocycles. The van der Waals surface area contributed by atoms with Gasteiger partial charge in [-0.25, -0.2) is 13.1 Å². The Kier molecular flexibility index (Phi) is 8.18. The topological polar surface area (TPSA) is 93.7 Å². The van der Waals surface area contributed by atoms with Crippen molar-refractivity contribution in [1.29, 1.82) is 0 Å². The Morgan fingerprint density at radius 2 is 1.93 bits per heavy atom. The van der Waals surface area contributed by atoms with E-state index in [0.717, 1.165) is 0 Å². The first-order valence-corrected chi connectivity index (χ1v) is 10.2. The van der Waals surface area contributed by atoms with Crippen molar-refractivity contribution in [3.05, 3.63) is 53.1 Å². The van der Waals surface area contributed by atoms with Gasteiger partial charge >= 0.3 is 6.61 Å². The van der Waals surface area contributed by atoms with Crippen LogP contribution in [0.5, 0.6) is 11.5 Å². The summed E-state index contributed by atoms with van der Waals surface area (Å²) in [7, 11) is -2.47. The van der Waals surface area contributed by atoms with E-state index in [9.17, 15) is 22.0 Å². The van der Waals surface area contributed by atoms with Crippen molar-refractivity contribution < 1.29 is 31.5 Å². The maximum Gasteiger partial charge on any atom is 0.387 e. The lowest BCUT2D eigenvalue weighted by molar-refractivity contribution is -0.121. The van der Waals surface area contributed by atoms with E-state index < -0.39 is 22.5 Å². The van der Waals surface area contributed by atoms with Crippen LogP contribution in [-0.4, -0.2) is 34.6 Å². The van der Waals surface area contributed by atoms with Gasteiger partial charge in [-0.15, -0.1) is 0 Å². The summed E-state index contributed by atoms with van der Waals surface area (Å²) in [6.07, 6.45) is -0.0937. The zero-order valence-electron chi connectivity index (χ0n) is 15.3.